The van der Waals surface area contributed by atoms with Crippen molar-refractivity contribution in [3.63, 3.8) is 0 Å². The van der Waals surface area contributed by atoms with Crippen molar-refractivity contribution in [1.29, 1.82) is 0 Å². The van der Waals surface area contributed by atoms with Crippen LogP contribution in [0.3, 0.4) is 0 Å². The molecule has 12 aromatic carbocycles. The highest BCUT2D eigenvalue weighted by Crippen LogP contribution is 2.39. The molecule has 0 saturated carbocycles. The number of hydrogen-bond donors (Lipinski definition) is 0. The predicted molar refractivity (Wildman–Crippen MR) is 541 cm³/mol. The maximum Gasteiger partial charge on any atom is 0.573 e. The summed E-state index contributed by atoms with van der Waals surface area (Å²) in [6.45, 7) is 23.6. The smallest absolute Gasteiger partial charge is 0.435 e. The molecule has 0 N–H and O–H groups in total. The third kappa shape index (κ3) is 26.4. The van der Waals surface area contributed by atoms with Gasteiger partial charge < -0.3 is 43.8 Å². The lowest BCUT2D eigenvalue weighted by Crippen LogP contribution is -2.30. The van der Waals surface area contributed by atoms with Crippen LogP contribution in [0.1, 0.15) is 224 Å². The van der Waals surface area contributed by atoms with Crippen LogP contribution in [0.2, 0.25) is 0 Å². The molecule has 7 heterocycles. The highest BCUT2D eigenvalue weighted by Gasteiger charge is 2.37. The molecule has 19 rings (SSSR count). The molecule has 6 amide bonds. The first kappa shape index (κ1) is 104. The van der Waals surface area contributed by atoms with E-state index in [4.69, 9.17) is 0 Å². The zero-order valence-electron chi connectivity index (χ0n) is 78.7. The van der Waals surface area contributed by atoms with Crippen molar-refractivity contribution in [2.45, 2.75) is 192 Å². The summed E-state index contributed by atoms with van der Waals surface area (Å²) in [5, 5.41) is 0. The number of aryl methyl sites for hydroxylation is 8. The van der Waals surface area contributed by atoms with Crippen LogP contribution in [0.15, 0.2) is 235 Å². The molecule has 0 spiro atoms. The molecule has 0 unspecified atom stereocenters. The van der Waals surface area contributed by atoms with Gasteiger partial charge in [-0.25, -0.2) is 13.2 Å². The molecule has 139 heavy (non-hydrogen) atoms. The number of halogens is 13. The molecule has 0 aromatic heterocycles. The molecule has 0 aliphatic carbocycles. The van der Waals surface area contributed by atoms with Crippen molar-refractivity contribution in [2.24, 2.45) is 5.92 Å². The summed E-state index contributed by atoms with van der Waals surface area (Å²) in [5.74, 6) is 0.631. The molecule has 15 nitrogen and oxygen atoms in total. The first-order valence-electron chi connectivity index (χ1n) is 45.8. The lowest BCUT2D eigenvalue weighted by Gasteiger charge is -2.28. The number of hydrogen-bond acceptors (Lipinski definition) is 9. The Morgan fingerprint density at radius 1 is 0.360 bits per heavy atom. The number of alkyl halides is 5. The Morgan fingerprint density at radius 3 is 1.06 bits per heavy atom. The highest BCUT2D eigenvalue weighted by atomic mass is 79.9. The van der Waals surface area contributed by atoms with E-state index in [0.29, 0.717) is 95.6 Å². The standard InChI is InChI=1S/C26H31F3N2O2.C19H20BrNO.C17H14BrF2NO2.C17H15BrFNO.2C16H13BrFNO/c1-18-14-21(5-3-4-19-10-12-30(2)13-11-19)15-22-17-31(25(32)24(18)22)16-20-6-8-23(9-7-20)33-26(27,28)29;1-12(2)15-6-4-14(5-7-15)10-21-11-16-9-17(20)8-13(3)18(16)19(21)22;1-10-6-13(18)7-12-9-21(16(22)15(10)12)8-11-2-4-14(5-3-11)23-17(19)20;1-10-5-12(3-4-15(10)19)8-20-9-13-7-14(18)6-11(2)16(13)17(20)21;1-10-5-13(17)7-12-9-19(16(20)15(10)12)8-11-3-2-4-14(18)6-11;1-10-6-13(17)7-12-9-19(16(20)15(10)12)8-11-4-2-3-5-14(11)18/h6-9,14-15,19H,3-5,10-13,16-17H2,1-2H3;4-9,12H,10-11H2,1-3H3;2-7,17H,8-9H2,1H3;3-7H,8-9H2,1-2H3;2*2-7H,8-9H2,1H3. The van der Waals surface area contributed by atoms with Gasteiger partial charge in [0, 0.05) is 140 Å². The first-order valence-corrected chi connectivity index (χ1v) is 49.8. The summed E-state index contributed by atoms with van der Waals surface area (Å²) < 4.78 is 115. The van der Waals surface area contributed by atoms with Crippen LogP contribution in [0.25, 0.3) is 0 Å². The van der Waals surface area contributed by atoms with E-state index in [2.05, 4.69) is 157 Å². The van der Waals surface area contributed by atoms with Gasteiger partial charge >= 0.3 is 13.0 Å². The summed E-state index contributed by atoms with van der Waals surface area (Å²) in [7, 11) is 2.19. The lowest BCUT2D eigenvalue weighted by atomic mass is 9.90. The van der Waals surface area contributed by atoms with Crippen LogP contribution in [-0.4, -0.2) is 103 Å². The van der Waals surface area contributed by atoms with Gasteiger partial charge in [0.15, 0.2) is 0 Å². The van der Waals surface area contributed by atoms with E-state index in [0.717, 1.165) is 164 Å². The fourth-order valence-electron chi connectivity index (χ4n) is 19.0. The topological polar surface area (TPSA) is 144 Å². The molecule has 0 bridgehead atoms. The molecule has 1 saturated heterocycles. The Labute approximate surface area is 847 Å². The van der Waals surface area contributed by atoms with Crippen LogP contribution in [0.5, 0.6) is 11.5 Å². The SMILES string of the molecule is Cc1cc(Br)cc2c1C(=O)N(Cc1ccc(C(C)C)cc1)C2.Cc1cc(Br)cc2c1C(=O)N(Cc1ccc(OC(F)F)cc1)C2.Cc1cc(Br)cc2c1C(=O)N(Cc1cccc(F)c1)C2.Cc1cc(Br)cc2c1C(=O)N(Cc1ccccc1F)C2.Cc1cc(CCCC2CCN(C)CC2)cc2c1C(=O)N(Cc1ccc(OC(F)(F)F)cc1)C2.Cc1cc(CN2Cc3cc(Br)cc(C)c3C2=O)ccc1F. The number of amides is 6. The van der Waals surface area contributed by atoms with Crippen LogP contribution in [-0.2, 0) is 85.0 Å². The largest absolute Gasteiger partial charge is 0.573 e. The van der Waals surface area contributed by atoms with Gasteiger partial charge in [-0.1, -0.05) is 203 Å². The maximum absolute atomic E-state index is 13.7. The third-order valence-corrected chi connectivity index (χ3v) is 28.0. The van der Waals surface area contributed by atoms with E-state index in [-0.39, 0.29) is 64.4 Å². The average molecular weight is 2220 g/mol. The van der Waals surface area contributed by atoms with E-state index in [1.807, 2.05) is 107 Å². The molecule has 1 fully saturated rings. The number of benzene rings is 12. The number of piperidine rings is 1. The second kappa shape index (κ2) is 45.6. The van der Waals surface area contributed by atoms with Gasteiger partial charge in [-0.05, 0) is 327 Å². The minimum atomic E-state index is -4.71. The summed E-state index contributed by atoms with van der Waals surface area (Å²) in [5.41, 5.74) is 25.2. The molecular weight excluding hydrogens is 2110 g/mol. The Hall–Kier alpha value is -11.1. The van der Waals surface area contributed by atoms with Crippen molar-refractivity contribution in [3.05, 3.63) is 402 Å². The molecule has 0 radical (unpaired) electrons. The minimum Gasteiger partial charge on any atom is -0.435 e. The quantitative estimate of drug-likeness (QED) is 0.0681. The van der Waals surface area contributed by atoms with Crippen molar-refractivity contribution in [1.82, 2.24) is 34.3 Å². The Kier molecular flexibility index (Phi) is 34.0. The third-order valence-electron chi connectivity index (χ3n) is 25.7. The normalized spacial score (nSPS) is 14.6. The highest BCUT2D eigenvalue weighted by molar-refractivity contribution is 9.11. The van der Waals surface area contributed by atoms with Crippen LogP contribution < -0.4 is 9.47 Å². The van der Waals surface area contributed by atoms with Gasteiger partial charge in [0.05, 0.1) is 0 Å². The van der Waals surface area contributed by atoms with Crippen LogP contribution >= 0.6 is 79.6 Å². The van der Waals surface area contributed by atoms with E-state index in [9.17, 15) is 63.9 Å². The number of carbonyl (C=O) groups excluding carboxylic acids is 6. The number of carbonyl (C=O) groups is 6. The summed E-state index contributed by atoms with van der Waals surface area (Å²) >= 11 is 17.3. The molecule has 0 atom stereocenters. The predicted octanol–water partition coefficient (Wildman–Crippen LogP) is 27.7. The summed E-state index contributed by atoms with van der Waals surface area (Å²) in [6, 6.07) is 62.6. The number of rotatable bonds is 20. The maximum atomic E-state index is 13.7. The first-order chi connectivity index (χ1) is 66.1. The monoisotopic (exact) mass is 2210 g/mol. The molecule has 7 aliphatic heterocycles. The Bertz CT molecular complexity index is 6620. The Morgan fingerprint density at radius 2 is 0.698 bits per heavy atom. The zero-order valence-corrected chi connectivity index (χ0v) is 86.6. The summed E-state index contributed by atoms with van der Waals surface area (Å²) in [4.78, 5) is 88.6. The lowest BCUT2D eigenvalue weighted by molar-refractivity contribution is -0.274. The molecular formula is C111H106Br5F8N7O8. The summed E-state index contributed by atoms with van der Waals surface area (Å²) in [6.07, 6.45) is 1.30. The Balaban J connectivity index is 0.000000134. The minimum absolute atomic E-state index is 0.00194. The van der Waals surface area contributed by atoms with Gasteiger partial charge in [-0.15, -0.1) is 13.2 Å². The molecule has 28 heteroatoms. The number of likely N-dealkylation sites (tertiary alicyclic amines) is 1. The number of nitrogens with zero attached hydrogens (tertiary/aromatic N) is 7. The molecule has 12 aromatic rings. The van der Waals surface area contributed by atoms with E-state index < -0.39 is 13.0 Å². The zero-order chi connectivity index (χ0) is 99.7. The van der Waals surface area contributed by atoms with Crippen molar-refractivity contribution < 1.29 is 73.4 Å². The van der Waals surface area contributed by atoms with Crippen LogP contribution in [0, 0.1) is 71.8 Å². The second-order valence-electron chi connectivity index (χ2n) is 36.8. The van der Waals surface area contributed by atoms with Crippen molar-refractivity contribution in [3.8, 4) is 11.5 Å². The van der Waals surface area contributed by atoms with Gasteiger partial charge in [-0.2, -0.15) is 8.78 Å². The fraction of sp³-hybridized carbons (Fsp3) is 0.297. The number of fused-ring (bicyclic) bond motifs is 6. The van der Waals surface area contributed by atoms with E-state index in [1.54, 1.807) is 92.1 Å². The van der Waals surface area contributed by atoms with Gasteiger partial charge in [0.25, 0.3) is 35.4 Å². The number of ether oxygens (including phenoxy) is 2. The van der Waals surface area contributed by atoms with Gasteiger partial charge in [0.2, 0.25) is 0 Å². The molecule has 724 valence electrons. The molecule has 7 aliphatic rings. The second-order valence-corrected chi connectivity index (χ2v) is 41.3. The van der Waals surface area contributed by atoms with E-state index >= 15 is 0 Å². The van der Waals surface area contributed by atoms with Crippen LogP contribution in [0.4, 0.5) is 35.1 Å². The van der Waals surface area contributed by atoms with Crippen molar-refractivity contribution in [2.75, 3.05) is 20.1 Å². The average Bonchev–Trinajstić information content (AvgIpc) is 1.65. The fourth-order valence-corrected chi connectivity index (χ4v) is 22.1. The van der Waals surface area contributed by atoms with Gasteiger partial charge in [-0.3, -0.25) is 28.8 Å². The van der Waals surface area contributed by atoms with Gasteiger partial charge in [0.1, 0.15) is 29.0 Å². The van der Waals surface area contributed by atoms with Crippen molar-refractivity contribution >= 4 is 115 Å². The van der Waals surface area contributed by atoms with E-state index in [1.165, 1.54) is 97.6 Å².